The first kappa shape index (κ1) is 11.2. The Hall–Kier alpha value is -1.91. The summed E-state index contributed by atoms with van der Waals surface area (Å²) in [5, 5.41) is 13.1. The van der Waals surface area contributed by atoms with Gasteiger partial charge in [-0.3, -0.25) is 14.9 Å². The first-order valence-electron chi connectivity index (χ1n) is 4.59. The summed E-state index contributed by atoms with van der Waals surface area (Å²) in [6.45, 7) is 4.04. The van der Waals surface area contributed by atoms with E-state index in [-0.39, 0.29) is 11.6 Å². The number of hydrogen-bond acceptors (Lipinski definition) is 3. The largest absolute Gasteiger partial charge is 0.352 e. The van der Waals surface area contributed by atoms with Gasteiger partial charge in [-0.05, 0) is 19.4 Å². The molecule has 1 rings (SSSR count). The lowest BCUT2D eigenvalue weighted by Gasteiger charge is -2.05. The highest BCUT2D eigenvalue weighted by atomic mass is 16.6. The number of carbonyl (C=O) groups is 1. The SMILES string of the molecule is CCNC(=O)c1cc([N+](=O)[O-])ccc1C. The zero-order chi connectivity index (χ0) is 11.4. The Morgan fingerprint density at radius 2 is 2.20 bits per heavy atom. The van der Waals surface area contributed by atoms with Gasteiger partial charge >= 0.3 is 0 Å². The van der Waals surface area contributed by atoms with Crippen LogP contribution in [0.5, 0.6) is 0 Å². The van der Waals surface area contributed by atoms with Crippen molar-refractivity contribution < 1.29 is 9.72 Å². The Morgan fingerprint density at radius 1 is 1.53 bits per heavy atom. The molecule has 0 aliphatic rings. The zero-order valence-electron chi connectivity index (χ0n) is 8.61. The van der Waals surface area contributed by atoms with E-state index in [0.29, 0.717) is 12.1 Å². The molecule has 0 radical (unpaired) electrons. The van der Waals surface area contributed by atoms with Crippen LogP contribution in [0, 0.1) is 17.0 Å². The molecule has 0 aliphatic heterocycles. The Bertz CT molecular complexity index is 402. The minimum atomic E-state index is -0.512. The first-order valence-corrected chi connectivity index (χ1v) is 4.59. The smallest absolute Gasteiger partial charge is 0.270 e. The highest BCUT2D eigenvalue weighted by Crippen LogP contribution is 2.16. The molecule has 1 aromatic rings. The van der Waals surface area contributed by atoms with E-state index in [2.05, 4.69) is 5.32 Å². The van der Waals surface area contributed by atoms with E-state index in [1.807, 2.05) is 0 Å². The standard InChI is InChI=1S/C10H12N2O3/c1-3-11-10(13)9-6-8(12(14)15)5-4-7(9)2/h4-6H,3H2,1-2H3,(H,11,13). The van der Waals surface area contributed by atoms with Gasteiger partial charge in [0, 0.05) is 24.2 Å². The Morgan fingerprint density at radius 3 is 2.73 bits per heavy atom. The van der Waals surface area contributed by atoms with Crippen molar-refractivity contribution in [2.45, 2.75) is 13.8 Å². The maximum atomic E-state index is 11.5. The molecule has 0 aliphatic carbocycles. The Kier molecular flexibility index (Phi) is 3.38. The number of benzene rings is 1. The number of nitrogens with one attached hydrogen (secondary N) is 1. The predicted octanol–water partition coefficient (Wildman–Crippen LogP) is 1.65. The van der Waals surface area contributed by atoms with Gasteiger partial charge in [0.05, 0.1) is 4.92 Å². The molecule has 80 valence electrons. The van der Waals surface area contributed by atoms with Crippen LogP contribution in [-0.4, -0.2) is 17.4 Å². The van der Waals surface area contributed by atoms with Gasteiger partial charge in [-0.25, -0.2) is 0 Å². The summed E-state index contributed by atoms with van der Waals surface area (Å²) in [6, 6.07) is 4.25. The van der Waals surface area contributed by atoms with Gasteiger partial charge in [-0.1, -0.05) is 6.07 Å². The van der Waals surface area contributed by atoms with Gasteiger partial charge in [-0.15, -0.1) is 0 Å². The second kappa shape index (κ2) is 4.54. The summed E-state index contributed by atoms with van der Waals surface area (Å²) in [4.78, 5) is 21.5. The summed E-state index contributed by atoms with van der Waals surface area (Å²) in [6.07, 6.45) is 0. The van der Waals surface area contributed by atoms with E-state index in [1.54, 1.807) is 19.9 Å². The van der Waals surface area contributed by atoms with Crippen LogP contribution in [-0.2, 0) is 0 Å². The van der Waals surface area contributed by atoms with Crippen molar-refractivity contribution in [1.29, 1.82) is 0 Å². The molecule has 0 fully saturated rings. The predicted molar refractivity (Wildman–Crippen MR) is 55.8 cm³/mol. The van der Waals surface area contributed by atoms with Gasteiger partial charge in [0.1, 0.15) is 0 Å². The van der Waals surface area contributed by atoms with Crippen molar-refractivity contribution >= 4 is 11.6 Å². The normalized spacial score (nSPS) is 9.73. The molecule has 0 heterocycles. The molecule has 0 bridgehead atoms. The molecule has 0 saturated heterocycles. The Labute approximate surface area is 87.3 Å². The number of nitrogens with zero attached hydrogens (tertiary/aromatic N) is 1. The fourth-order valence-electron chi connectivity index (χ4n) is 1.22. The van der Waals surface area contributed by atoms with E-state index < -0.39 is 4.92 Å². The first-order chi connectivity index (χ1) is 7.06. The summed E-state index contributed by atoms with van der Waals surface area (Å²) >= 11 is 0. The van der Waals surface area contributed by atoms with Crippen molar-refractivity contribution in [3.63, 3.8) is 0 Å². The van der Waals surface area contributed by atoms with Gasteiger partial charge in [0.15, 0.2) is 0 Å². The summed E-state index contributed by atoms with van der Waals surface area (Å²) in [5.41, 5.74) is 1.01. The van der Waals surface area contributed by atoms with Crippen molar-refractivity contribution in [1.82, 2.24) is 5.32 Å². The van der Waals surface area contributed by atoms with Gasteiger partial charge < -0.3 is 5.32 Å². The van der Waals surface area contributed by atoms with E-state index >= 15 is 0 Å². The van der Waals surface area contributed by atoms with Crippen LogP contribution in [0.4, 0.5) is 5.69 Å². The fraction of sp³-hybridized carbons (Fsp3) is 0.300. The quantitative estimate of drug-likeness (QED) is 0.606. The van der Waals surface area contributed by atoms with Crippen molar-refractivity contribution in [3.05, 3.63) is 39.4 Å². The summed E-state index contributed by atoms with van der Waals surface area (Å²) in [5.74, 6) is -0.279. The molecule has 0 unspecified atom stereocenters. The van der Waals surface area contributed by atoms with E-state index in [4.69, 9.17) is 0 Å². The molecule has 0 saturated carbocycles. The van der Waals surface area contributed by atoms with Crippen LogP contribution < -0.4 is 5.32 Å². The number of rotatable bonds is 3. The van der Waals surface area contributed by atoms with E-state index in [9.17, 15) is 14.9 Å². The number of nitro benzene ring substituents is 1. The second-order valence-corrected chi connectivity index (χ2v) is 3.12. The maximum Gasteiger partial charge on any atom is 0.270 e. The molecule has 1 amide bonds. The molecule has 15 heavy (non-hydrogen) atoms. The average molecular weight is 208 g/mol. The third-order valence-electron chi connectivity index (χ3n) is 2.01. The van der Waals surface area contributed by atoms with Crippen LogP contribution in [0.15, 0.2) is 18.2 Å². The topological polar surface area (TPSA) is 72.2 Å². The third-order valence-corrected chi connectivity index (χ3v) is 2.01. The molecular weight excluding hydrogens is 196 g/mol. The highest BCUT2D eigenvalue weighted by Gasteiger charge is 2.13. The number of carbonyl (C=O) groups excluding carboxylic acids is 1. The molecule has 5 nitrogen and oxygen atoms in total. The van der Waals surface area contributed by atoms with Crippen LogP contribution in [0.25, 0.3) is 0 Å². The highest BCUT2D eigenvalue weighted by molar-refractivity contribution is 5.96. The van der Waals surface area contributed by atoms with Crippen molar-refractivity contribution in [3.8, 4) is 0 Å². The summed E-state index contributed by atoms with van der Waals surface area (Å²) in [7, 11) is 0. The minimum Gasteiger partial charge on any atom is -0.352 e. The van der Waals surface area contributed by atoms with E-state index in [0.717, 1.165) is 5.56 Å². The molecule has 5 heteroatoms. The summed E-state index contributed by atoms with van der Waals surface area (Å²) < 4.78 is 0. The maximum absolute atomic E-state index is 11.5. The molecule has 1 aromatic carbocycles. The van der Waals surface area contributed by atoms with E-state index in [1.165, 1.54) is 12.1 Å². The number of amides is 1. The number of nitro groups is 1. The van der Waals surface area contributed by atoms with Crippen LogP contribution in [0.1, 0.15) is 22.8 Å². The number of hydrogen-bond donors (Lipinski definition) is 1. The van der Waals surface area contributed by atoms with Crippen LogP contribution in [0.3, 0.4) is 0 Å². The lowest BCUT2D eigenvalue weighted by Crippen LogP contribution is -2.23. The van der Waals surface area contributed by atoms with Gasteiger partial charge in [0.25, 0.3) is 11.6 Å². The van der Waals surface area contributed by atoms with Gasteiger partial charge in [-0.2, -0.15) is 0 Å². The monoisotopic (exact) mass is 208 g/mol. The number of aryl methyl sites for hydroxylation is 1. The lowest BCUT2D eigenvalue weighted by atomic mass is 10.1. The zero-order valence-corrected chi connectivity index (χ0v) is 8.61. The Balaban J connectivity index is 3.10. The second-order valence-electron chi connectivity index (χ2n) is 3.12. The minimum absolute atomic E-state index is 0.0677. The molecule has 0 aromatic heterocycles. The average Bonchev–Trinajstić information content (AvgIpc) is 2.18. The van der Waals surface area contributed by atoms with Crippen molar-refractivity contribution in [2.24, 2.45) is 0 Å². The lowest BCUT2D eigenvalue weighted by molar-refractivity contribution is -0.384. The number of non-ortho nitro benzene ring substituents is 1. The molecular formula is C10H12N2O3. The van der Waals surface area contributed by atoms with Crippen LogP contribution >= 0.6 is 0 Å². The molecule has 0 atom stereocenters. The third kappa shape index (κ3) is 2.52. The molecule has 0 spiro atoms. The fourth-order valence-corrected chi connectivity index (χ4v) is 1.22. The van der Waals surface area contributed by atoms with Crippen LogP contribution in [0.2, 0.25) is 0 Å². The van der Waals surface area contributed by atoms with Crippen molar-refractivity contribution in [2.75, 3.05) is 6.54 Å². The van der Waals surface area contributed by atoms with Gasteiger partial charge in [0.2, 0.25) is 0 Å². The molecule has 1 N–H and O–H groups in total.